The zero-order valence-corrected chi connectivity index (χ0v) is 32.8. The van der Waals surface area contributed by atoms with E-state index in [1.54, 1.807) is 13.8 Å². The molecule has 0 aromatic heterocycles. The van der Waals surface area contributed by atoms with E-state index in [0.29, 0.717) is 0 Å². The van der Waals surface area contributed by atoms with Gasteiger partial charge in [-0.05, 0) is 68.6 Å². The lowest BCUT2D eigenvalue weighted by Crippen LogP contribution is -2.21. The minimum absolute atomic E-state index is 0.00375. The van der Waals surface area contributed by atoms with Gasteiger partial charge < -0.3 is 53.6 Å². The summed E-state index contributed by atoms with van der Waals surface area (Å²) in [6.07, 6.45) is -2.98. The number of carbonyl (C=O) groups excluding carboxylic acids is 2. The van der Waals surface area contributed by atoms with E-state index in [9.17, 15) is 39.6 Å². The molecule has 0 spiro atoms. The fraction of sp³-hybridized carbons (Fsp3) is 0.227. The van der Waals surface area contributed by atoms with E-state index in [1.807, 2.05) is 0 Å². The van der Waals surface area contributed by atoms with Crippen LogP contribution >= 0.6 is 0 Å². The van der Waals surface area contributed by atoms with Crippen LogP contribution in [0, 0.1) is 0 Å². The van der Waals surface area contributed by atoms with Crippen molar-refractivity contribution in [1.29, 1.82) is 0 Å². The highest BCUT2D eigenvalue weighted by molar-refractivity contribution is 6.40. The maximum Gasteiger partial charge on any atom is 0.514 e. The molecule has 0 aliphatic heterocycles. The van der Waals surface area contributed by atoms with E-state index < -0.39 is 46.7 Å². The molecular formula is C44H38O15. The molecule has 15 nitrogen and oxygen atoms in total. The number of fused-ring (bicyclic) bond motifs is 2. The van der Waals surface area contributed by atoms with Crippen LogP contribution < -0.4 is 34.5 Å². The summed E-state index contributed by atoms with van der Waals surface area (Å²) in [4.78, 5) is 55.1. The van der Waals surface area contributed by atoms with E-state index in [-0.39, 0.29) is 112 Å². The molecule has 15 heteroatoms. The van der Waals surface area contributed by atoms with Gasteiger partial charge in [0.25, 0.3) is 0 Å². The summed E-state index contributed by atoms with van der Waals surface area (Å²) >= 11 is 0. The minimum Gasteiger partial charge on any atom is -0.508 e. The van der Waals surface area contributed by atoms with Crippen LogP contribution in [0.5, 0.6) is 51.7 Å². The molecule has 1 unspecified atom stereocenters. The van der Waals surface area contributed by atoms with Gasteiger partial charge in [0, 0.05) is 62.2 Å². The number of esters is 1. The SMILES string of the molecule is COc1c(O)c2c(=O)cc(OC)c3c4c(OC)cc(=O)c5c(O)c(OC)c(-c6cc(O)ccc6C(=O)OC(C)C)c(c(c1CC(C)OC(=O)Oc1ccc(O)cc1)c23)c54. The van der Waals surface area contributed by atoms with Crippen LogP contribution in [0.4, 0.5) is 4.79 Å². The van der Waals surface area contributed by atoms with E-state index in [1.165, 1.54) is 77.8 Å². The van der Waals surface area contributed by atoms with Crippen molar-refractivity contribution in [2.45, 2.75) is 39.4 Å². The van der Waals surface area contributed by atoms with E-state index in [2.05, 4.69) is 0 Å². The number of phenols is 4. The summed E-state index contributed by atoms with van der Waals surface area (Å²) in [5.41, 5.74) is -1.36. The summed E-state index contributed by atoms with van der Waals surface area (Å²) in [6, 6.07) is 11.5. The van der Waals surface area contributed by atoms with Crippen molar-refractivity contribution in [3.63, 3.8) is 0 Å². The van der Waals surface area contributed by atoms with Gasteiger partial charge in [0.05, 0.1) is 50.9 Å². The monoisotopic (exact) mass is 806 g/mol. The first kappa shape index (κ1) is 39.8. The topological polar surface area (TPSA) is 214 Å². The lowest BCUT2D eigenvalue weighted by atomic mass is 9.80. The third-order valence-electron chi connectivity index (χ3n) is 9.98. The van der Waals surface area contributed by atoms with Crippen molar-refractivity contribution in [1.82, 2.24) is 0 Å². The molecule has 304 valence electrons. The number of hydrogen-bond acceptors (Lipinski definition) is 15. The van der Waals surface area contributed by atoms with Gasteiger partial charge in [0.15, 0.2) is 33.9 Å². The van der Waals surface area contributed by atoms with Crippen molar-refractivity contribution in [2.75, 3.05) is 28.4 Å². The number of methoxy groups -OCH3 is 4. The Morgan fingerprint density at radius 3 is 1.68 bits per heavy atom. The molecule has 0 saturated carbocycles. The standard InChI is InChI=1S/C44H38O15/c1-18(2)57-43(51)23-13-10-21(46)15-24(23)31-36-30-25(14-19(3)58-44(52)59-22-11-8-20(45)9-12-22)41(55-6)39(49)32-26(47)16-28(53-4)34(37(30)32)35-29(54-5)17-27(48)33(38(35)36)40(50)42(31)56-7/h8-13,15-19,45-46,49-50H,14H2,1-7H3. The number of rotatable bonds is 11. The average Bonchev–Trinajstić information content (AvgIpc) is 3.18. The van der Waals surface area contributed by atoms with Crippen LogP contribution in [0.25, 0.3) is 54.2 Å². The summed E-state index contributed by atoms with van der Waals surface area (Å²) in [7, 11) is 5.15. The summed E-state index contributed by atoms with van der Waals surface area (Å²) in [5.74, 6) is -2.76. The largest absolute Gasteiger partial charge is 0.514 e. The molecule has 7 aromatic rings. The number of aromatic hydroxyl groups is 4. The highest BCUT2D eigenvalue weighted by Gasteiger charge is 2.35. The van der Waals surface area contributed by atoms with Gasteiger partial charge in [0.2, 0.25) is 0 Å². The Labute approximate surface area is 334 Å². The lowest BCUT2D eigenvalue weighted by Gasteiger charge is -2.26. The molecule has 0 radical (unpaired) electrons. The zero-order chi connectivity index (χ0) is 42.6. The zero-order valence-electron chi connectivity index (χ0n) is 32.8. The van der Waals surface area contributed by atoms with Gasteiger partial charge in [-0.2, -0.15) is 0 Å². The van der Waals surface area contributed by atoms with E-state index >= 15 is 0 Å². The Morgan fingerprint density at radius 2 is 1.14 bits per heavy atom. The molecule has 0 saturated heterocycles. The fourth-order valence-electron chi connectivity index (χ4n) is 7.77. The van der Waals surface area contributed by atoms with Gasteiger partial charge >= 0.3 is 12.1 Å². The van der Waals surface area contributed by atoms with Crippen LogP contribution in [-0.2, 0) is 15.9 Å². The first-order valence-electron chi connectivity index (χ1n) is 18.2. The predicted molar refractivity (Wildman–Crippen MR) is 217 cm³/mol. The molecule has 0 fully saturated rings. The van der Waals surface area contributed by atoms with Crippen molar-refractivity contribution in [2.24, 2.45) is 0 Å². The number of benzene rings is 7. The number of phenolic OH excluding ortho intramolecular Hbond substituents is 4. The Morgan fingerprint density at radius 1 is 0.593 bits per heavy atom. The van der Waals surface area contributed by atoms with E-state index in [0.717, 1.165) is 12.1 Å². The fourth-order valence-corrected chi connectivity index (χ4v) is 7.77. The Bertz CT molecular complexity index is 2940. The van der Waals surface area contributed by atoms with Crippen molar-refractivity contribution < 1.29 is 63.2 Å². The third-order valence-corrected chi connectivity index (χ3v) is 9.98. The Kier molecular flexibility index (Phi) is 10.2. The summed E-state index contributed by atoms with van der Waals surface area (Å²) < 4.78 is 39.8. The second-order valence-corrected chi connectivity index (χ2v) is 13.9. The van der Waals surface area contributed by atoms with Crippen LogP contribution in [0.3, 0.4) is 0 Å². The van der Waals surface area contributed by atoms with E-state index in [4.69, 9.17) is 33.2 Å². The average molecular weight is 807 g/mol. The normalized spacial score (nSPS) is 12.0. The van der Waals surface area contributed by atoms with Crippen molar-refractivity contribution in [3.8, 4) is 62.9 Å². The smallest absolute Gasteiger partial charge is 0.508 e. The van der Waals surface area contributed by atoms with Gasteiger partial charge in [-0.1, -0.05) is 0 Å². The molecule has 0 amide bonds. The lowest BCUT2D eigenvalue weighted by molar-refractivity contribution is 0.0378. The van der Waals surface area contributed by atoms with Gasteiger partial charge in [-0.25, -0.2) is 9.59 Å². The highest BCUT2D eigenvalue weighted by Crippen LogP contribution is 2.58. The quantitative estimate of drug-likeness (QED) is 0.0443. The number of hydrogen-bond donors (Lipinski definition) is 4. The van der Waals surface area contributed by atoms with Crippen LogP contribution in [0.15, 0.2) is 64.2 Å². The van der Waals surface area contributed by atoms with Gasteiger partial charge in [-0.3, -0.25) is 9.59 Å². The Hall–Kier alpha value is -7.42. The summed E-state index contributed by atoms with van der Waals surface area (Å²) in [6.45, 7) is 4.84. The van der Waals surface area contributed by atoms with Gasteiger partial charge in [0.1, 0.15) is 34.9 Å². The molecule has 4 N–H and O–H groups in total. The van der Waals surface area contributed by atoms with Crippen molar-refractivity contribution >= 4 is 55.2 Å². The third kappa shape index (κ3) is 6.49. The molecule has 0 heterocycles. The first-order chi connectivity index (χ1) is 28.1. The molecule has 7 aromatic carbocycles. The second kappa shape index (κ2) is 15.2. The highest BCUT2D eigenvalue weighted by atomic mass is 16.7. The summed E-state index contributed by atoms with van der Waals surface area (Å²) in [5, 5.41) is 44.9. The molecule has 0 aliphatic rings. The Balaban J connectivity index is 1.72. The molecular weight excluding hydrogens is 768 g/mol. The van der Waals surface area contributed by atoms with Gasteiger partial charge in [-0.15, -0.1) is 0 Å². The van der Waals surface area contributed by atoms with Crippen LogP contribution in [0.1, 0.15) is 36.7 Å². The van der Waals surface area contributed by atoms with Crippen molar-refractivity contribution in [3.05, 3.63) is 86.2 Å². The first-order valence-corrected chi connectivity index (χ1v) is 18.2. The molecule has 7 rings (SSSR count). The maximum atomic E-state index is 14.1. The number of ether oxygens (including phenoxy) is 7. The molecule has 1 atom stereocenters. The second-order valence-electron chi connectivity index (χ2n) is 13.9. The number of carbonyl (C=O) groups is 2. The van der Waals surface area contributed by atoms with Crippen LogP contribution in [0.2, 0.25) is 0 Å². The molecule has 0 aliphatic carbocycles. The molecule has 0 bridgehead atoms. The predicted octanol–water partition coefficient (Wildman–Crippen LogP) is 7.13. The minimum atomic E-state index is -1.11. The van der Waals surface area contributed by atoms with Crippen LogP contribution in [-0.4, -0.2) is 73.2 Å². The maximum absolute atomic E-state index is 14.1. The molecule has 59 heavy (non-hydrogen) atoms.